The molecule has 1 amide bonds. The van der Waals surface area contributed by atoms with Crippen LogP contribution in [0.5, 0.6) is 0 Å². The number of carbonyl (C=O) groups is 1. The fourth-order valence-electron chi connectivity index (χ4n) is 0.703. The van der Waals surface area contributed by atoms with Gasteiger partial charge in [0.05, 0.1) is 6.54 Å². The number of aromatic nitrogens is 2. The third-order valence-corrected chi connectivity index (χ3v) is 1.35. The molecule has 1 heterocycles. The second-order valence-electron chi connectivity index (χ2n) is 2.25. The van der Waals surface area contributed by atoms with Crippen LogP contribution in [-0.4, -0.2) is 22.4 Å². The molecule has 7 heteroatoms. The highest BCUT2D eigenvalue weighted by Gasteiger charge is 2.00. The molecular formula is C6H8ClN5O. The normalized spacial score (nSPS) is 9.62. The number of hydrogen-bond acceptors (Lipinski definition) is 5. The van der Waals surface area contributed by atoms with Crippen molar-refractivity contribution in [3.8, 4) is 0 Å². The summed E-state index contributed by atoms with van der Waals surface area (Å²) in [6.07, 6.45) is 0. The Morgan fingerprint density at radius 1 is 1.62 bits per heavy atom. The first kappa shape index (κ1) is 9.53. The Hall–Kier alpha value is -1.56. The van der Waals surface area contributed by atoms with Crippen molar-refractivity contribution >= 4 is 29.3 Å². The molecule has 70 valence electrons. The maximum absolute atomic E-state index is 10.4. The monoisotopic (exact) mass is 201 g/mol. The number of carbonyl (C=O) groups excluding carboxylic acids is 1. The van der Waals surface area contributed by atoms with Gasteiger partial charge in [-0.15, -0.1) is 0 Å². The third-order valence-electron chi connectivity index (χ3n) is 1.16. The summed E-state index contributed by atoms with van der Waals surface area (Å²) in [5.74, 6) is -0.0796. The highest BCUT2D eigenvalue weighted by molar-refractivity contribution is 6.29. The largest absolute Gasteiger partial charge is 0.368 e. The smallest absolute Gasteiger partial charge is 0.236 e. The van der Waals surface area contributed by atoms with Gasteiger partial charge in [0.15, 0.2) is 0 Å². The molecule has 0 aromatic carbocycles. The van der Waals surface area contributed by atoms with Gasteiger partial charge in [-0.3, -0.25) is 4.79 Å². The second-order valence-corrected chi connectivity index (χ2v) is 2.64. The maximum Gasteiger partial charge on any atom is 0.236 e. The molecular weight excluding hydrogens is 194 g/mol. The molecule has 13 heavy (non-hydrogen) atoms. The lowest BCUT2D eigenvalue weighted by Gasteiger charge is -2.03. The van der Waals surface area contributed by atoms with E-state index < -0.39 is 5.91 Å². The molecule has 0 spiro atoms. The second kappa shape index (κ2) is 3.90. The zero-order valence-corrected chi connectivity index (χ0v) is 7.38. The standard InChI is InChI=1S/C6H8ClN5O/c7-3-1-5(10-2-4(8)13)12-6(9)11-3/h1H,2H2,(H2,8,13)(H3,9,10,11,12). The topological polar surface area (TPSA) is 107 Å². The Morgan fingerprint density at radius 3 is 2.85 bits per heavy atom. The Labute approximate surface area is 79.3 Å². The Morgan fingerprint density at radius 2 is 2.31 bits per heavy atom. The first-order valence-electron chi connectivity index (χ1n) is 3.40. The third kappa shape index (κ3) is 3.12. The van der Waals surface area contributed by atoms with Crippen LogP contribution in [0.15, 0.2) is 6.07 Å². The number of hydrogen-bond donors (Lipinski definition) is 3. The van der Waals surface area contributed by atoms with Gasteiger partial charge < -0.3 is 16.8 Å². The van der Waals surface area contributed by atoms with Crippen LogP contribution in [-0.2, 0) is 4.79 Å². The number of anilines is 2. The van der Waals surface area contributed by atoms with E-state index >= 15 is 0 Å². The predicted octanol–water partition coefficient (Wildman–Crippen LogP) is -0.391. The van der Waals surface area contributed by atoms with E-state index in [2.05, 4.69) is 15.3 Å². The molecule has 0 saturated heterocycles. The lowest BCUT2D eigenvalue weighted by Crippen LogP contribution is -2.22. The van der Waals surface area contributed by atoms with Gasteiger partial charge in [0, 0.05) is 6.07 Å². The number of rotatable bonds is 3. The van der Waals surface area contributed by atoms with E-state index in [9.17, 15) is 4.79 Å². The van der Waals surface area contributed by atoms with E-state index in [1.54, 1.807) is 0 Å². The molecule has 0 saturated carbocycles. The lowest BCUT2D eigenvalue weighted by atomic mass is 10.5. The molecule has 0 aliphatic carbocycles. The van der Waals surface area contributed by atoms with E-state index in [-0.39, 0.29) is 17.6 Å². The summed E-state index contributed by atoms with van der Waals surface area (Å²) in [5, 5.41) is 2.84. The van der Waals surface area contributed by atoms with Crippen LogP contribution in [0.25, 0.3) is 0 Å². The zero-order chi connectivity index (χ0) is 9.84. The minimum Gasteiger partial charge on any atom is -0.368 e. The van der Waals surface area contributed by atoms with Crippen LogP contribution in [0.4, 0.5) is 11.8 Å². The quantitative estimate of drug-likeness (QED) is 0.578. The fourth-order valence-corrected chi connectivity index (χ4v) is 0.893. The molecule has 6 nitrogen and oxygen atoms in total. The Balaban J connectivity index is 2.71. The number of nitrogens with two attached hydrogens (primary N) is 2. The molecule has 1 aromatic rings. The molecule has 0 unspecified atom stereocenters. The molecule has 0 atom stereocenters. The van der Waals surface area contributed by atoms with Gasteiger partial charge in [-0.1, -0.05) is 11.6 Å². The van der Waals surface area contributed by atoms with Crippen molar-refractivity contribution in [3.05, 3.63) is 11.2 Å². The highest BCUT2D eigenvalue weighted by Crippen LogP contribution is 2.11. The van der Waals surface area contributed by atoms with E-state index in [0.29, 0.717) is 5.82 Å². The molecule has 1 aromatic heterocycles. The number of amides is 1. The minimum absolute atomic E-state index is 0.0210. The first-order chi connectivity index (χ1) is 6.08. The summed E-state index contributed by atoms with van der Waals surface area (Å²) in [6.45, 7) is -0.0210. The summed E-state index contributed by atoms with van der Waals surface area (Å²) in [5.41, 5.74) is 10.2. The van der Waals surface area contributed by atoms with Crippen molar-refractivity contribution in [2.24, 2.45) is 5.73 Å². The molecule has 5 N–H and O–H groups in total. The summed E-state index contributed by atoms with van der Waals surface area (Å²) in [6, 6.07) is 1.45. The first-order valence-corrected chi connectivity index (χ1v) is 3.78. The molecule has 0 aliphatic rings. The average Bonchev–Trinajstić information content (AvgIpc) is 1.99. The van der Waals surface area contributed by atoms with Crippen LogP contribution in [0, 0.1) is 0 Å². The molecule has 0 fully saturated rings. The summed E-state index contributed by atoms with van der Waals surface area (Å²) in [4.78, 5) is 17.8. The van der Waals surface area contributed by atoms with Gasteiger partial charge >= 0.3 is 0 Å². The van der Waals surface area contributed by atoms with Crippen molar-refractivity contribution in [2.45, 2.75) is 0 Å². The van der Waals surface area contributed by atoms with E-state index in [1.165, 1.54) is 6.07 Å². The fraction of sp³-hybridized carbons (Fsp3) is 0.167. The highest BCUT2D eigenvalue weighted by atomic mass is 35.5. The number of nitrogens with one attached hydrogen (secondary N) is 1. The molecule has 1 rings (SSSR count). The SMILES string of the molecule is NC(=O)CNc1cc(Cl)nc(N)n1. The van der Waals surface area contributed by atoms with Gasteiger partial charge in [-0.25, -0.2) is 4.98 Å². The van der Waals surface area contributed by atoms with Crippen LogP contribution < -0.4 is 16.8 Å². The van der Waals surface area contributed by atoms with E-state index in [0.717, 1.165) is 0 Å². The van der Waals surface area contributed by atoms with Gasteiger partial charge in [0.2, 0.25) is 11.9 Å². The van der Waals surface area contributed by atoms with Crippen molar-refractivity contribution in [1.82, 2.24) is 9.97 Å². The van der Waals surface area contributed by atoms with E-state index in [1.807, 2.05) is 0 Å². The predicted molar refractivity (Wildman–Crippen MR) is 49.1 cm³/mol. The Bertz CT molecular complexity index is 309. The van der Waals surface area contributed by atoms with Gasteiger partial charge in [-0.2, -0.15) is 4.98 Å². The van der Waals surface area contributed by atoms with Gasteiger partial charge in [-0.05, 0) is 0 Å². The van der Waals surface area contributed by atoms with Crippen LogP contribution in [0.2, 0.25) is 5.15 Å². The van der Waals surface area contributed by atoms with Crippen molar-refractivity contribution in [3.63, 3.8) is 0 Å². The summed E-state index contributed by atoms with van der Waals surface area (Å²) >= 11 is 5.58. The summed E-state index contributed by atoms with van der Waals surface area (Å²) < 4.78 is 0. The molecule has 0 radical (unpaired) electrons. The minimum atomic E-state index is -0.492. The number of halogens is 1. The van der Waals surface area contributed by atoms with Crippen molar-refractivity contribution in [1.29, 1.82) is 0 Å². The number of nitrogen functional groups attached to an aromatic ring is 1. The molecule has 0 aliphatic heterocycles. The van der Waals surface area contributed by atoms with Crippen molar-refractivity contribution < 1.29 is 4.79 Å². The lowest BCUT2D eigenvalue weighted by molar-refractivity contribution is -0.116. The number of nitrogens with zero attached hydrogens (tertiary/aromatic N) is 2. The Kier molecular flexibility index (Phi) is 2.86. The maximum atomic E-state index is 10.4. The van der Waals surface area contributed by atoms with Crippen molar-refractivity contribution in [2.75, 3.05) is 17.6 Å². The molecule has 0 bridgehead atoms. The van der Waals surface area contributed by atoms with E-state index in [4.69, 9.17) is 23.1 Å². The van der Waals surface area contributed by atoms with Crippen LogP contribution in [0.1, 0.15) is 0 Å². The summed E-state index contributed by atoms with van der Waals surface area (Å²) in [7, 11) is 0. The van der Waals surface area contributed by atoms with Crippen LogP contribution in [0.3, 0.4) is 0 Å². The average molecular weight is 202 g/mol. The zero-order valence-electron chi connectivity index (χ0n) is 6.62. The van der Waals surface area contributed by atoms with Gasteiger partial charge in [0.1, 0.15) is 11.0 Å². The van der Waals surface area contributed by atoms with Crippen LogP contribution >= 0.6 is 11.6 Å². The van der Waals surface area contributed by atoms with Gasteiger partial charge in [0.25, 0.3) is 0 Å². The number of primary amides is 1.